The molecule has 1 heterocycles. The minimum absolute atomic E-state index is 0.0979. The smallest absolute Gasteiger partial charge is 0.316 e. The number of primary amides is 1. The third kappa shape index (κ3) is 4.77. The summed E-state index contributed by atoms with van der Waals surface area (Å²) < 4.78 is 0. The Balaban J connectivity index is 1.56. The van der Waals surface area contributed by atoms with Crippen LogP contribution in [0, 0.1) is 5.92 Å². The van der Waals surface area contributed by atoms with Crippen molar-refractivity contribution in [3.05, 3.63) is 59.1 Å². The van der Waals surface area contributed by atoms with Gasteiger partial charge in [0.25, 0.3) is 0 Å². The van der Waals surface area contributed by atoms with Gasteiger partial charge in [0.1, 0.15) is 0 Å². The molecule has 1 saturated heterocycles. The van der Waals surface area contributed by atoms with Gasteiger partial charge in [-0.1, -0.05) is 29.8 Å². The van der Waals surface area contributed by atoms with Gasteiger partial charge in [0.05, 0.1) is 5.92 Å². The fourth-order valence-electron chi connectivity index (χ4n) is 2.96. The molecule has 0 saturated carbocycles. The molecule has 2 aromatic rings. The topological polar surface area (TPSA) is 105 Å². The zero-order valence-electron chi connectivity index (χ0n) is 14.4. The van der Waals surface area contributed by atoms with E-state index < -0.39 is 11.9 Å². The standard InChI is InChI=1S/C19H19ClN4O3/c20-14-2-1-3-16(9-14)24-11-13(8-17(24)25)18(26)22-10-12-4-6-15(7-5-12)23-19(21)27/h1-7,9,13H,8,10-11H2,(H,22,26)(H3,21,23,27). The summed E-state index contributed by atoms with van der Waals surface area (Å²) in [5.74, 6) is -0.682. The van der Waals surface area contributed by atoms with E-state index in [0.29, 0.717) is 29.5 Å². The predicted molar refractivity (Wildman–Crippen MR) is 103 cm³/mol. The Labute approximate surface area is 161 Å². The Morgan fingerprint density at radius 1 is 1.19 bits per heavy atom. The zero-order valence-corrected chi connectivity index (χ0v) is 15.2. The third-order valence-corrected chi connectivity index (χ3v) is 4.54. The molecule has 1 aliphatic rings. The highest BCUT2D eigenvalue weighted by molar-refractivity contribution is 6.31. The van der Waals surface area contributed by atoms with E-state index in [1.54, 1.807) is 53.4 Å². The minimum Gasteiger partial charge on any atom is -0.352 e. The number of amides is 4. The zero-order chi connectivity index (χ0) is 19.4. The van der Waals surface area contributed by atoms with Crippen LogP contribution in [-0.2, 0) is 16.1 Å². The molecule has 0 radical (unpaired) electrons. The maximum absolute atomic E-state index is 12.4. The van der Waals surface area contributed by atoms with Crippen molar-refractivity contribution in [3.63, 3.8) is 0 Å². The van der Waals surface area contributed by atoms with Gasteiger partial charge < -0.3 is 21.3 Å². The minimum atomic E-state index is -0.633. The van der Waals surface area contributed by atoms with Gasteiger partial charge in [0.2, 0.25) is 11.8 Å². The Hall–Kier alpha value is -3.06. The van der Waals surface area contributed by atoms with Crippen molar-refractivity contribution in [1.29, 1.82) is 0 Å². The lowest BCUT2D eigenvalue weighted by molar-refractivity contribution is -0.126. The van der Waals surface area contributed by atoms with Gasteiger partial charge in [-0.25, -0.2) is 4.79 Å². The van der Waals surface area contributed by atoms with E-state index in [-0.39, 0.29) is 18.2 Å². The number of nitrogens with one attached hydrogen (secondary N) is 2. The molecule has 8 heteroatoms. The lowest BCUT2D eigenvalue weighted by Crippen LogP contribution is -2.32. The summed E-state index contributed by atoms with van der Waals surface area (Å²) in [7, 11) is 0. The molecule has 1 atom stereocenters. The van der Waals surface area contributed by atoms with E-state index in [1.807, 2.05) is 0 Å². The lowest BCUT2D eigenvalue weighted by Gasteiger charge is -2.17. The summed E-state index contributed by atoms with van der Waals surface area (Å²) >= 11 is 5.98. The summed E-state index contributed by atoms with van der Waals surface area (Å²) in [4.78, 5) is 37.1. The van der Waals surface area contributed by atoms with Crippen LogP contribution < -0.4 is 21.3 Å². The summed E-state index contributed by atoms with van der Waals surface area (Å²) in [6, 6.07) is 13.3. The van der Waals surface area contributed by atoms with Crippen LogP contribution >= 0.6 is 11.6 Å². The number of rotatable bonds is 5. The van der Waals surface area contributed by atoms with Crippen molar-refractivity contribution in [3.8, 4) is 0 Å². The molecule has 0 aliphatic carbocycles. The van der Waals surface area contributed by atoms with Gasteiger partial charge in [0.15, 0.2) is 0 Å². The number of nitrogens with zero attached hydrogens (tertiary/aromatic N) is 1. The maximum Gasteiger partial charge on any atom is 0.316 e. The molecule has 2 aromatic carbocycles. The summed E-state index contributed by atoms with van der Waals surface area (Å²) in [6.07, 6.45) is 0.166. The summed E-state index contributed by atoms with van der Waals surface area (Å²) in [6.45, 7) is 0.657. The molecule has 1 unspecified atom stereocenters. The molecule has 3 rings (SSSR count). The van der Waals surface area contributed by atoms with E-state index in [2.05, 4.69) is 10.6 Å². The second-order valence-electron chi connectivity index (χ2n) is 6.29. The van der Waals surface area contributed by atoms with Crippen LogP contribution in [0.2, 0.25) is 5.02 Å². The van der Waals surface area contributed by atoms with E-state index in [4.69, 9.17) is 17.3 Å². The summed E-state index contributed by atoms with van der Waals surface area (Å²) in [5.41, 5.74) is 7.20. The molecule has 1 aliphatic heterocycles. The van der Waals surface area contributed by atoms with Crippen LogP contribution in [0.25, 0.3) is 0 Å². The van der Waals surface area contributed by atoms with Crippen molar-refractivity contribution in [2.24, 2.45) is 11.7 Å². The number of anilines is 2. The van der Waals surface area contributed by atoms with Crippen molar-refractivity contribution in [2.75, 3.05) is 16.8 Å². The van der Waals surface area contributed by atoms with Crippen molar-refractivity contribution >= 4 is 40.8 Å². The number of hydrogen-bond acceptors (Lipinski definition) is 3. The van der Waals surface area contributed by atoms with Crippen molar-refractivity contribution in [2.45, 2.75) is 13.0 Å². The molecular weight excluding hydrogens is 368 g/mol. The van der Waals surface area contributed by atoms with Crippen molar-refractivity contribution < 1.29 is 14.4 Å². The predicted octanol–water partition coefficient (Wildman–Crippen LogP) is 2.50. The summed E-state index contributed by atoms with van der Waals surface area (Å²) in [5, 5.41) is 5.86. The van der Waals surface area contributed by atoms with Gasteiger partial charge in [-0.05, 0) is 35.9 Å². The lowest BCUT2D eigenvalue weighted by atomic mass is 10.1. The number of benzene rings is 2. The molecule has 1 fully saturated rings. The first-order valence-electron chi connectivity index (χ1n) is 8.41. The molecule has 140 valence electrons. The van der Waals surface area contributed by atoms with E-state index >= 15 is 0 Å². The molecule has 4 N–H and O–H groups in total. The van der Waals surface area contributed by atoms with Gasteiger partial charge in [-0.2, -0.15) is 0 Å². The van der Waals surface area contributed by atoms with Gasteiger partial charge in [-0.3, -0.25) is 9.59 Å². The van der Waals surface area contributed by atoms with Crippen LogP contribution in [0.1, 0.15) is 12.0 Å². The fourth-order valence-corrected chi connectivity index (χ4v) is 3.14. The second-order valence-corrected chi connectivity index (χ2v) is 6.73. The average Bonchev–Trinajstić information content (AvgIpc) is 3.02. The Bertz CT molecular complexity index is 870. The number of carbonyl (C=O) groups excluding carboxylic acids is 3. The van der Waals surface area contributed by atoms with Crippen LogP contribution in [-0.4, -0.2) is 24.4 Å². The van der Waals surface area contributed by atoms with E-state index in [0.717, 1.165) is 5.56 Å². The molecule has 4 amide bonds. The largest absolute Gasteiger partial charge is 0.352 e. The molecule has 0 bridgehead atoms. The van der Waals surface area contributed by atoms with Crippen LogP contribution in [0.5, 0.6) is 0 Å². The first-order chi connectivity index (χ1) is 12.9. The number of carbonyl (C=O) groups is 3. The highest BCUT2D eigenvalue weighted by atomic mass is 35.5. The Kier molecular flexibility index (Phi) is 5.61. The number of hydrogen-bond donors (Lipinski definition) is 3. The normalized spacial score (nSPS) is 16.3. The Morgan fingerprint density at radius 2 is 1.93 bits per heavy atom. The highest BCUT2D eigenvalue weighted by Gasteiger charge is 2.35. The fraction of sp³-hybridized carbons (Fsp3) is 0.211. The molecular formula is C19H19ClN4O3. The van der Waals surface area contributed by atoms with Crippen LogP contribution in [0.4, 0.5) is 16.2 Å². The number of halogens is 1. The Morgan fingerprint density at radius 3 is 2.59 bits per heavy atom. The number of nitrogens with two attached hydrogens (primary N) is 1. The van der Waals surface area contributed by atoms with Gasteiger partial charge in [0, 0.05) is 35.9 Å². The van der Waals surface area contributed by atoms with Crippen LogP contribution in [0.15, 0.2) is 48.5 Å². The molecule has 27 heavy (non-hydrogen) atoms. The SMILES string of the molecule is NC(=O)Nc1ccc(CNC(=O)C2CC(=O)N(c3cccc(Cl)c3)C2)cc1. The average molecular weight is 387 g/mol. The third-order valence-electron chi connectivity index (χ3n) is 4.30. The van der Waals surface area contributed by atoms with Crippen LogP contribution in [0.3, 0.4) is 0 Å². The van der Waals surface area contributed by atoms with Crippen molar-refractivity contribution in [1.82, 2.24) is 5.32 Å². The van der Waals surface area contributed by atoms with Gasteiger partial charge >= 0.3 is 6.03 Å². The quantitative estimate of drug-likeness (QED) is 0.735. The second kappa shape index (κ2) is 8.09. The van der Waals surface area contributed by atoms with E-state index in [9.17, 15) is 14.4 Å². The van der Waals surface area contributed by atoms with E-state index in [1.165, 1.54) is 0 Å². The molecule has 0 aromatic heterocycles. The maximum atomic E-state index is 12.4. The molecule has 7 nitrogen and oxygen atoms in total. The number of urea groups is 1. The molecule has 0 spiro atoms. The monoisotopic (exact) mass is 386 g/mol. The first-order valence-corrected chi connectivity index (χ1v) is 8.79. The van der Waals surface area contributed by atoms with Gasteiger partial charge in [-0.15, -0.1) is 0 Å². The first kappa shape index (κ1) is 18.7. The highest BCUT2D eigenvalue weighted by Crippen LogP contribution is 2.27.